The molecule has 7 nitrogen and oxygen atoms in total. The number of carbonyl (C=O) groups is 1. The van der Waals surface area contributed by atoms with Gasteiger partial charge in [0.25, 0.3) is 5.91 Å². The average Bonchev–Trinajstić information content (AvgIpc) is 2.94. The molecule has 144 valence electrons. The number of aryl methyl sites for hydroxylation is 2. The van der Waals surface area contributed by atoms with E-state index in [1.54, 1.807) is 6.07 Å². The van der Waals surface area contributed by atoms with E-state index in [0.717, 1.165) is 11.1 Å². The van der Waals surface area contributed by atoms with Gasteiger partial charge in [0.15, 0.2) is 9.84 Å². The summed E-state index contributed by atoms with van der Waals surface area (Å²) in [5, 5.41) is 2.86. The van der Waals surface area contributed by atoms with Gasteiger partial charge in [0.2, 0.25) is 0 Å². The third-order valence-electron chi connectivity index (χ3n) is 4.65. The van der Waals surface area contributed by atoms with Gasteiger partial charge < -0.3 is 10.2 Å². The van der Waals surface area contributed by atoms with Crippen LogP contribution in [-0.4, -0.2) is 48.4 Å². The van der Waals surface area contributed by atoms with Gasteiger partial charge in [-0.1, -0.05) is 6.07 Å². The van der Waals surface area contributed by atoms with Crippen molar-refractivity contribution in [3.63, 3.8) is 0 Å². The summed E-state index contributed by atoms with van der Waals surface area (Å²) >= 11 is 0. The molecule has 1 aromatic carbocycles. The van der Waals surface area contributed by atoms with Crippen LogP contribution in [0, 0.1) is 13.8 Å². The highest BCUT2D eigenvalue weighted by molar-refractivity contribution is 7.91. The van der Waals surface area contributed by atoms with Crippen molar-refractivity contribution in [1.29, 1.82) is 0 Å². The Balaban J connectivity index is 1.80. The number of sulfone groups is 1. The third-order valence-corrected chi connectivity index (χ3v) is 6.40. The number of amides is 1. The van der Waals surface area contributed by atoms with Gasteiger partial charge in [0.05, 0.1) is 11.5 Å². The van der Waals surface area contributed by atoms with E-state index in [-0.39, 0.29) is 29.1 Å². The largest absolute Gasteiger partial charge is 0.353 e. The minimum Gasteiger partial charge on any atom is -0.353 e. The lowest BCUT2D eigenvalue weighted by Crippen LogP contribution is -2.37. The molecule has 2 aromatic rings. The van der Waals surface area contributed by atoms with E-state index in [1.165, 1.54) is 6.33 Å². The quantitative estimate of drug-likeness (QED) is 0.845. The second kappa shape index (κ2) is 7.64. The molecule has 0 saturated carbocycles. The van der Waals surface area contributed by atoms with E-state index in [1.807, 2.05) is 43.9 Å². The van der Waals surface area contributed by atoms with Crippen LogP contribution in [0.1, 0.15) is 35.0 Å². The molecular weight excluding hydrogens is 364 g/mol. The van der Waals surface area contributed by atoms with Crippen LogP contribution in [0.25, 0.3) is 0 Å². The summed E-state index contributed by atoms with van der Waals surface area (Å²) in [4.78, 5) is 22.9. The molecule has 1 N–H and O–H groups in total. The van der Waals surface area contributed by atoms with Crippen molar-refractivity contribution in [2.45, 2.75) is 33.2 Å². The molecule has 0 aliphatic carbocycles. The first-order chi connectivity index (χ1) is 12.8. The van der Waals surface area contributed by atoms with E-state index in [9.17, 15) is 13.2 Å². The monoisotopic (exact) mass is 388 g/mol. The Morgan fingerprint density at radius 3 is 2.48 bits per heavy atom. The number of rotatable bonds is 5. The van der Waals surface area contributed by atoms with Gasteiger partial charge in [-0.25, -0.2) is 18.4 Å². The first kappa shape index (κ1) is 19.3. The molecule has 0 spiro atoms. The smallest absolute Gasteiger partial charge is 0.274 e. The summed E-state index contributed by atoms with van der Waals surface area (Å²) in [6.07, 6.45) is 1.92. The molecule has 27 heavy (non-hydrogen) atoms. The fourth-order valence-corrected chi connectivity index (χ4v) is 5.23. The number of hydrogen-bond donors (Lipinski definition) is 1. The zero-order valence-corrected chi connectivity index (χ0v) is 16.6. The Morgan fingerprint density at radius 2 is 1.89 bits per heavy atom. The van der Waals surface area contributed by atoms with E-state index in [4.69, 9.17) is 0 Å². The summed E-state index contributed by atoms with van der Waals surface area (Å²) in [5.74, 6) is 0.563. The van der Waals surface area contributed by atoms with Crippen LogP contribution in [0.15, 0.2) is 30.6 Å². The van der Waals surface area contributed by atoms with Crippen LogP contribution >= 0.6 is 0 Å². The number of aromatic nitrogens is 2. The van der Waals surface area contributed by atoms with Crippen LogP contribution in [-0.2, 0) is 9.84 Å². The molecule has 0 radical (unpaired) electrons. The van der Waals surface area contributed by atoms with Crippen molar-refractivity contribution in [2.75, 3.05) is 28.3 Å². The van der Waals surface area contributed by atoms with Gasteiger partial charge in [-0.2, -0.15) is 0 Å². The zero-order valence-electron chi connectivity index (χ0n) is 15.8. The molecule has 1 fully saturated rings. The minimum absolute atomic E-state index is 0.120. The summed E-state index contributed by atoms with van der Waals surface area (Å²) in [6.45, 7) is 6.50. The van der Waals surface area contributed by atoms with Gasteiger partial charge in [0, 0.05) is 24.3 Å². The van der Waals surface area contributed by atoms with Crippen LogP contribution < -0.4 is 10.2 Å². The second-order valence-corrected chi connectivity index (χ2v) is 9.16. The first-order valence-electron chi connectivity index (χ1n) is 8.96. The van der Waals surface area contributed by atoms with Crippen LogP contribution in [0.4, 0.5) is 11.5 Å². The topological polar surface area (TPSA) is 92.3 Å². The van der Waals surface area contributed by atoms with E-state index >= 15 is 0 Å². The molecular formula is C19H24N4O3S. The highest BCUT2D eigenvalue weighted by Gasteiger charge is 2.32. The van der Waals surface area contributed by atoms with Gasteiger partial charge in [-0.3, -0.25) is 4.79 Å². The lowest BCUT2D eigenvalue weighted by atomic mass is 10.1. The zero-order chi connectivity index (χ0) is 19.6. The lowest BCUT2D eigenvalue weighted by molar-refractivity contribution is 0.102. The van der Waals surface area contributed by atoms with Crippen molar-refractivity contribution in [3.8, 4) is 0 Å². The predicted octanol–water partition coefficient (Wildman–Crippen LogP) is 2.36. The molecule has 1 aliphatic rings. The molecule has 2 heterocycles. The summed E-state index contributed by atoms with van der Waals surface area (Å²) < 4.78 is 23.6. The van der Waals surface area contributed by atoms with Crippen molar-refractivity contribution < 1.29 is 13.2 Å². The number of carbonyl (C=O) groups excluding carboxylic acids is 1. The van der Waals surface area contributed by atoms with Crippen molar-refractivity contribution >= 4 is 27.2 Å². The number of anilines is 2. The standard InChI is InChI=1S/C19H24N4O3S/c1-4-23(16-5-6-27(25,26)11-16)18-10-17(20-12-21-18)19(24)22-15-8-13(2)7-14(3)9-15/h7-10,12,16H,4-6,11H2,1-3H3,(H,22,24). The fraction of sp³-hybridized carbons (Fsp3) is 0.421. The lowest BCUT2D eigenvalue weighted by Gasteiger charge is -2.27. The number of hydrogen-bond acceptors (Lipinski definition) is 6. The highest BCUT2D eigenvalue weighted by atomic mass is 32.2. The normalized spacial score (nSPS) is 18.3. The molecule has 8 heteroatoms. The molecule has 1 aliphatic heterocycles. The second-order valence-electron chi connectivity index (χ2n) is 6.93. The Hall–Kier alpha value is -2.48. The van der Waals surface area contributed by atoms with Gasteiger partial charge in [-0.15, -0.1) is 0 Å². The Bertz CT molecular complexity index is 939. The maximum absolute atomic E-state index is 12.6. The van der Waals surface area contributed by atoms with Crippen molar-refractivity contribution in [1.82, 2.24) is 9.97 Å². The minimum atomic E-state index is -3.00. The Labute approximate surface area is 159 Å². The van der Waals surface area contributed by atoms with Gasteiger partial charge >= 0.3 is 0 Å². The van der Waals surface area contributed by atoms with Gasteiger partial charge in [0.1, 0.15) is 17.8 Å². The van der Waals surface area contributed by atoms with E-state index < -0.39 is 9.84 Å². The third kappa shape index (κ3) is 4.63. The van der Waals surface area contributed by atoms with Crippen molar-refractivity contribution in [2.24, 2.45) is 0 Å². The van der Waals surface area contributed by atoms with Crippen LogP contribution in [0.5, 0.6) is 0 Å². The fourth-order valence-electron chi connectivity index (χ4n) is 3.50. The predicted molar refractivity (Wildman–Crippen MR) is 106 cm³/mol. The first-order valence-corrected chi connectivity index (χ1v) is 10.8. The SMILES string of the molecule is CCN(c1cc(C(=O)Nc2cc(C)cc(C)c2)ncn1)C1CCS(=O)(=O)C1. The molecule has 1 atom stereocenters. The average molecular weight is 388 g/mol. The van der Waals surface area contributed by atoms with E-state index in [0.29, 0.717) is 24.5 Å². The molecule has 1 amide bonds. The van der Waals surface area contributed by atoms with Crippen LogP contribution in [0.3, 0.4) is 0 Å². The molecule has 1 unspecified atom stereocenters. The maximum Gasteiger partial charge on any atom is 0.274 e. The number of nitrogens with zero attached hydrogens (tertiary/aromatic N) is 3. The van der Waals surface area contributed by atoms with Crippen LogP contribution in [0.2, 0.25) is 0 Å². The molecule has 1 saturated heterocycles. The van der Waals surface area contributed by atoms with Gasteiger partial charge in [-0.05, 0) is 50.5 Å². The molecule has 3 rings (SSSR count). The Morgan fingerprint density at radius 1 is 1.19 bits per heavy atom. The molecule has 1 aromatic heterocycles. The number of nitrogens with one attached hydrogen (secondary N) is 1. The summed E-state index contributed by atoms with van der Waals surface area (Å²) in [6, 6.07) is 7.33. The maximum atomic E-state index is 12.6. The molecule has 0 bridgehead atoms. The number of benzene rings is 1. The Kier molecular flexibility index (Phi) is 5.46. The summed E-state index contributed by atoms with van der Waals surface area (Å²) in [7, 11) is -3.00. The summed E-state index contributed by atoms with van der Waals surface area (Å²) in [5.41, 5.74) is 3.09. The highest BCUT2D eigenvalue weighted by Crippen LogP contribution is 2.23. The van der Waals surface area contributed by atoms with E-state index in [2.05, 4.69) is 15.3 Å². The van der Waals surface area contributed by atoms with Crippen molar-refractivity contribution in [3.05, 3.63) is 47.4 Å².